The number of piperidine rings is 1. The first-order valence-electron chi connectivity index (χ1n) is 7.84. The van der Waals surface area contributed by atoms with Crippen LogP contribution in [0.1, 0.15) is 18.4 Å². The highest BCUT2D eigenvalue weighted by molar-refractivity contribution is 5.38. The number of nitriles is 2. The lowest BCUT2D eigenvalue weighted by Crippen LogP contribution is -2.40. The predicted molar refractivity (Wildman–Crippen MR) is 87.6 cm³/mol. The van der Waals surface area contributed by atoms with Crippen molar-refractivity contribution in [2.45, 2.75) is 19.4 Å². The summed E-state index contributed by atoms with van der Waals surface area (Å²) in [4.78, 5) is 6.50. The van der Waals surface area contributed by atoms with E-state index in [-0.39, 0.29) is 5.57 Å². The second-order valence-corrected chi connectivity index (χ2v) is 5.70. The van der Waals surface area contributed by atoms with Gasteiger partial charge in [0.15, 0.2) is 5.57 Å². The Morgan fingerprint density at radius 2 is 2.09 bits per heavy atom. The van der Waals surface area contributed by atoms with Gasteiger partial charge in [0.1, 0.15) is 18.0 Å². The summed E-state index contributed by atoms with van der Waals surface area (Å²) in [6, 6.07) is 7.92. The number of rotatable bonds is 6. The second kappa shape index (κ2) is 8.77. The van der Waals surface area contributed by atoms with E-state index < -0.39 is 0 Å². The number of allylic oxidation sites excluding steroid dienone is 1. The van der Waals surface area contributed by atoms with Gasteiger partial charge >= 0.3 is 0 Å². The average molecular weight is 310 g/mol. The third kappa shape index (κ3) is 4.98. The van der Waals surface area contributed by atoms with E-state index >= 15 is 0 Å². The Hall–Kier alpha value is -2.57. The third-order valence-electron chi connectivity index (χ3n) is 4.05. The Kier molecular flexibility index (Phi) is 6.40. The van der Waals surface area contributed by atoms with Crippen LogP contribution in [0.5, 0.6) is 0 Å². The molecule has 0 amide bonds. The Labute approximate surface area is 137 Å². The Balaban J connectivity index is 1.88. The van der Waals surface area contributed by atoms with Gasteiger partial charge in [0.2, 0.25) is 0 Å². The molecular formula is C17H22N6. The van der Waals surface area contributed by atoms with E-state index in [1.165, 1.54) is 12.0 Å². The fraction of sp³-hybridized carbons (Fsp3) is 0.471. The topological polar surface area (TPSA) is 87.8 Å². The van der Waals surface area contributed by atoms with Crippen LogP contribution in [0.4, 0.5) is 0 Å². The number of hydrogen-bond acceptors (Lipinski definition) is 6. The molecular weight excluding hydrogens is 288 g/mol. The molecule has 1 aliphatic heterocycles. The first kappa shape index (κ1) is 16.8. The van der Waals surface area contributed by atoms with Gasteiger partial charge in [0.05, 0.1) is 0 Å². The van der Waals surface area contributed by atoms with Crippen molar-refractivity contribution in [2.24, 2.45) is 5.92 Å². The fourth-order valence-corrected chi connectivity index (χ4v) is 2.89. The van der Waals surface area contributed by atoms with E-state index in [2.05, 4.69) is 32.7 Å². The van der Waals surface area contributed by atoms with Gasteiger partial charge in [-0.15, -0.1) is 0 Å². The molecule has 1 aromatic rings. The van der Waals surface area contributed by atoms with Crippen LogP contribution in [0.25, 0.3) is 0 Å². The summed E-state index contributed by atoms with van der Waals surface area (Å²) in [6.07, 6.45) is 5.98. The van der Waals surface area contributed by atoms with Crippen LogP contribution in [-0.4, -0.2) is 36.6 Å². The minimum atomic E-state index is 0.0944. The molecule has 2 rings (SSSR count). The van der Waals surface area contributed by atoms with Gasteiger partial charge in [-0.1, -0.05) is 0 Å². The van der Waals surface area contributed by atoms with E-state index in [1.807, 2.05) is 24.5 Å². The van der Waals surface area contributed by atoms with Crippen LogP contribution >= 0.6 is 0 Å². The van der Waals surface area contributed by atoms with E-state index in [0.717, 1.165) is 32.6 Å². The van der Waals surface area contributed by atoms with E-state index in [1.54, 1.807) is 7.05 Å². The molecule has 23 heavy (non-hydrogen) atoms. The van der Waals surface area contributed by atoms with Crippen LogP contribution in [-0.2, 0) is 6.54 Å². The number of likely N-dealkylation sites (tertiary alicyclic amines) is 1. The molecule has 1 fully saturated rings. The number of nitrogens with one attached hydrogen (secondary N) is 2. The zero-order valence-corrected chi connectivity index (χ0v) is 13.4. The molecule has 0 saturated carbocycles. The summed E-state index contributed by atoms with van der Waals surface area (Å²) in [5, 5.41) is 24.0. The summed E-state index contributed by atoms with van der Waals surface area (Å²) >= 11 is 0. The lowest BCUT2D eigenvalue weighted by molar-refractivity contribution is 0.166. The maximum Gasteiger partial charge on any atom is 0.169 e. The van der Waals surface area contributed by atoms with Crippen LogP contribution in [0.3, 0.4) is 0 Å². The summed E-state index contributed by atoms with van der Waals surface area (Å²) in [5.74, 6) is 1.02. The highest BCUT2D eigenvalue weighted by atomic mass is 15.1. The standard InChI is InChI=1S/C17H22N6/c1-20-17(16(9-18)10-19)22-11-15-3-2-8-23(13-15)12-14-4-6-21-7-5-14/h4-7,15,20,22H,2-3,8,11-13H2,1H3. The molecule has 6 heteroatoms. The van der Waals surface area contributed by atoms with E-state index in [9.17, 15) is 0 Å². The molecule has 6 nitrogen and oxygen atoms in total. The number of pyridine rings is 1. The summed E-state index contributed by atoms with van der Waals surface area (Å²) in [5.41, 5.74) is 1.37. The van der Waals surface area contributed by atoms with Crippen molar-refractivity contribution >= 4 is 0 Å². The van der Waals surface area contributed by atoms with Crippen molar-refractivity contribution in [1.82, 2.24) is 20.5 Å². The fourth-order valence-electron chi connectivity index (χ4n) is 2.89. The molecule has 0 spiro atoms. The van der Waals surface area contributed by atoms with E-state index in [4.69, 9.17) is 10.5 Å². The van der Waals surface area contributed by atoms with Crippen LogP contribution < -0.4 is 10.6 Å². The van der Waals surface area contributed by atoms with Gasteiger partial charge in [0.25, 0.3) is 0 Å². The summed E-state index contributed by atoms with van der Waals surface area (Å²) in [7, 11) is 1.72. The highest BCUT2D eigenvalue weighted by Gasteiger charge is 2.20. The van der Waals surface area contributed by atoms with Crippen molar-refractivity contribution in [3.8, 4) is 12.1 Å². The van der Waals surface area contributed by atoms with Gasteiger partial charge in [-0.05, 0) is 43.0 Å². The zero-order chi connectivity index (χ0) is 16.5. The maximum atomic E-state index is 8.95. The SMILES string of the molecule is CNC(NCC1CCCN(Cc2ccncc2)C1)=C(C#N)C#N. The molecule has 1 atom stereocenters. The Bertz CT molecular complexity index is 594. The molecule has 1 aromatic heterocycles. The quantitative estimate of drug-likeness (QED) is 0.771. The maximum absolute atomic E-state index is 8.95. The van der Waals surface area contributed by atoms with Gasteiger partial charge in [-0.2, -0.15) is 10.5 Å². The number of nitrogens with zero attached hydrogens (tertiary/aromatic N) is 4. The normalized spacial score (nSPS) is 17.6. The van der Waals surface area contributed by atoms with Crippen LogP contribution in [0.15, 0.2) is 35.9 Å². The second-order valence-electron chi connectivity index (χ2n) is 5.70. The smallest absolute Gasteiger partial charge is 0.169 e. The Morgan fingerprint density at radius 1 is 1.35 bits per heavy atom. The lowest BCUT2D eigenvalue weighted by Gasteiger charge is -2.33. The molecule has 0 radical (unpaired) electrons. The first-order valence-corrected chi connectivity index (χ1v) is 7.84. The van der Waals surface area contributed by atoms with Gasteiger partial charge in [-0.25, -0.2) is 0 Å². The molecule has 2 heterocycles. The first-order chi connectivity index (χ1) is 11.3. The lowest BCUT2D eigenvalue weighted by atomic mass is 9.97. The number of hydrogen-bond donors (Lipinski definition) is 2. The molecule has 120 valence electrons. The van der Waals surface area contributed by atoms with Gasteiger partial charge in [-0.3, -0.25) is 9.88 Å². The molecule has 2 N–H and O–H groups in total. The monoisotopic (exact) mass is 310 g/mol. The van der Waals surface area contributed by atoms with E-state index in [0.29, 0.717) is 11.7 Å². The number of aromatic nitrogens is 1. The minimum absolute atomic E-state index is 0.0944. The third-order valence-corrected chi connectivity index (χ3v) is 4.05. The minimum Gasteiger partial charge on any atom is -0.373 e. The largest absolute Gasteiger partial charge is 0.373 e. The molecule has 1 unspecified atom stereocenters. The summed E-state index contributed by atoms with van der Waals surface area (Å²) < 4.78 is 0. The molecule has 1 saturated heterocycles. The highest BCUT2D eigenvalue weighted by Crippen LogP contribution is 2.18. The molecule has 0 aliphatic carbocycles. The van der Waals surface area contributed by atoms with Crippen LogP contribution in [0, 0.1) is 28.6 Å². The van der Waals surface area contributed by atoms with Gasteiger partial charge in [0, 0.05) is 39.1 Å². The molecule has 0 aromatic carbocycles. The van der Waals surface area contributed by atoms with Crippen molar-refractivity contribution in [1.29, 1.82) is 10.5 Å². The zero-order valence-electron chi connectivity index (χ0n) is 13.4. The van der Waals surface area contributed by atoms with Crippen molar-refractivity contribution in [3.63, 3.8) is 0 Å². The van der Waals surface area contributed by atoms with Crippen molar-refractivity contribution in [3.05, 3.63) is 41.5 Å². The Morgan fingerprint density at radius 3 is 2.74 bits per heavy atom. The molecule has 1 aliphatic rings. The summed E-state index contributed by atoms with van der Waals surface area (Å²) in [6.45, 7) is 3.82. The van der Waals surface area contributed by atoms with Crippen molar-refractivity contribution in [2.75, 3.05) is 26.7 Å². The van der Waals surface area contributed by atoms with Gasteiger partial charge < -0.3 is 10.6 Å². The predicted octanol–water partition coefficient (Wildman–Crippen LogP) is 1.36. The molecule has 0 bridgehead atoms. The average Bonchev–Trinajstić information content (AvgIpc) is 2.60. The van der Waals surface area contributed by atoms with Crippen LogP contribution in [0.2, 0.25) is 0 Å². The van der Waals surface area contributed by atoms with Crippen molar-refractivity contribution < 1.29 is 0 Å².